The zero-order valence-electron chi connectivity index (χ0n) is 16.4. The number of nitrogens with zero attached hydrogens (tertiary/aromatic N) is 1. The summed E-state index contributed by atoms with van der Waals surface area (Å²) in [5.41, 5.74) is 0. The monoisotopic (exact) mass is 334 g/mol. The lowest BCUT2D eigenvalue weighted by Gasteiger charge is -2.29. The van der Waals surface area contributed by atoms with Crippen molar-refractivity contribution in [2.75, 3.05) is 33.8 Å². The van der Waals surface area contributed by atoms with Crippen LogP contribution < -0.4 is 4.74 Å². The molecule has 138 valence electrons. The molecule has 0 N–H and O–H groups in total. The van der Waals surface area contributed by atoms with Crippen molar-refractivity contribution in [3.05, 3.63) is 30.3 Å². The van der Waals surface area contributed by atoms with Crippen LogP contribution in [0.2, 0.25) is 0 Å². The molecule has 0 aliphatic rings. The van der Waals surface area contributed by atoms with Gasteiger partial charge in [-0.2, -0.15) is 0 Å². The lowest BCUT2D eigenvalue weighted by Crippen LogP contribution is -2.43. The van der Waals surface area contributed by atoms with Crippen LogP contribution in [-0.4, -0.2) is 38.3 Å². The Hall–Kier alpha value is -1.02. The first-order valence-electron chi connectivity index (χ1n) is 10.1. The van der Waals surface area contributed by atoms with E-state index >= 15 is 0 Å². The quantitative estimate of drug-likeness (QED) is 0.280. The zero-order chi connectivity index (χ0) is 17.5. The molecule has 0 heterocycles. The van der Waals surface area contributed by atoms with Crippen molar-refractivity contribution in [1.29, 1.82) is 0 Å². The zero-order valence-corrected chi connectivity index (χ0v) is 16.4. The van der Waals surface area contributed by atoms with Crippen molar-refractivity contribution >= 4 is 0 Å². The molecule has 24 heavy (non-hydrogen) atoms. The fourth-order valence-electron chi connectivity index (χ4n) is 3.07. The second-order valence-corrected chi connectivity index (χ2v) is 7.73. The van der Waals surface area contributed by atoms with Gasteiger partial charge in [-0.3, -0.25) is 0 Å². The number of rotatable bonds is 15. The molecule has 0 aromatic heterocycles. The molecule has 0 amide bonds. The summed E-state index contributed by atoms with van der Waals surface area (Å²) in [6.45, 7) is 5.42. The molecule has 0 atom stereocenters. The maximum Gasteiger partial charge on any atom is 0.137 e. The van der Waals surface area contributed by atoms with E-state index in [0.717, 1.165) is 23.4 Å². The highest BCUT2D eigenvalue weighted by Crippen LogP contribution is 2.12. The average Bonchev–Trinajstić information content (AvgIpc) is 2.57. The highest BCUT2D eigenvalue weighted by Gasteiger charge is 2.14. The van der Waals surface area contributed by atoms with Crippen molar-refractivity contribution < 1.29 is 9.22 Å². The van der Waals surface area contributed by atoms with Crippen LogP contribution >= 0.6 is 0 Å². The van der Waals surface area contributed by atoms with Gasteiger partial charge in [0.05, 0.1) is 20.6 Å². The van der Waals surface area contributed by atoms with E-state index in [4.69, 9.17) is 4.74 Å². The second kappa shape index (κ2) is 13.3. The summed E-state index contributed by atoms with van der Waals surface area (Å²) in [6, 6.07) is 10.1. The molecule has 0 aliphatic carbocycles. The Morgan fingerprint density at radius 2 is 1.25 bits per heavy atom. The van der Waals surface area contributed by atoms with Gasteiger partial charge < -0.3 is 9.22 Å². The minimum absolute atomic E-state index is 0.800. The van der Waals surface area contributed by atoms with Crippen molar-refractivity contribution in [3.63, 3.8) is 0 Å². The van der Waals surface area contributed by atoms with Gasteiger partial charge in [-0.05, 0) is 25.0 Å². The number of hydrogen-bond donors (Lipinski definition) is 0. The first-order valence-corrected chi connectivity index (χ1v) is 10.1. The Morgan fingerprint density at radius 1 is 0.708 bits per heavy atom. The van der Waals surface area contributed by atoms with Crippen LogP contribution in [0.3, 0.4) is 0 Å². The second-order valence-electron chi connectivity index (χ2n) is 7.73. The lowest BCUT2D eigenvalue weighted by molar-refractivity contribution is -0.890. The number of quaternary nitrogens is 1. The van der Waals surface area contributed by atoms with E-state index in [1.807, 2.05) is 30.3 Å². The van der Waals surface area contributed by atoms with E-state index < -0.39 is 0 Å². The maximum atomic E-state index is 5.83. The van der Waals surface area contributed by atoms with Crippen LogP contribution in [0.15, 0.2) is 30.3 Å². The largest absolute Gasteiger partial charge is 0.488 e. The molecule has 1 rings (SSSR count). The van der Waals surface area contributed by atoms with Gasteiger partial charge in [0.2, 0.25) is 0 Å². The molecule has 0 saturated carbocycles. The van der Waals surface area contributed by atoms with E-state index in [1.54, 1.807) is 0 Å². The summed E-state index contributed by atoms with van der Waals surface area (Å²) < 4.78 is 6.89. The van der Waals surface area contributed by atoms with E-state index in [1.165, 1.54) is 70.8 Å². The van der Waals surface area contributed by atoms with Crippen LogP contribution in [0.1, 0.15) is 71.1 Å². The molecule has 0 unspecified atom stereocenters. The Bertz CT molecular complexity index is 388. The van der Waals surface area contributed by atoms with Gasteiger partial charge in [-0.25, -0.2) is 0 Å². The van der Waals surface area contributed by atoms with Crippen molar-refractivity contribution in [2.45, 2.75) is 71.1 Å². The normalized spacial score (nSPS) is 11.6. The van der Waals surface area contributed by atoms with Crippen LogP contribution in [0.4, 0.5) is 0 Å². The summed E-state index contributed by atoms with van der Waals surface area (Å²) in [5.74, 6) is 0.983. The number of para-hydroxylation sites is 1. The third kappa shape index (κ3) is 11.5. The van der Waals surface area contributed by atoms with E-state index in [-0.39, 0.29) is 0 Å². The Morgan fingerprint density at radius 3 is 1.83 bits per heavy atom. The summed E-state index contributed by atoms with van der Waals surface area (Å²) in [6.07, 6.45) is 14.1. The Labute approximate surface area is 150 Å². The molecule has 0 saturated heterocycles. The molecule has 1 aromatic carbocycles. The summed E-state index contributed by atoms with van der Waals surface area (Å²) in [7, 11) is 4.64. The molecule has 0 bridgehead atoms. The summed E-state index contributed by atoms with van der Waals surface area (Å²) >= 11 is 0. The van der Waals surface area contributed by atoms with Crippen LogP contribution in [0, 0.1) is 0 Å². The number of ether oxygens (including phenoxy) is 1. The van der Waals surface area contributed by atoms with Gasteiger partial charge in [0.25, 0.3) is 0 Å². The molecule has 0 spiro atoms. The van der Waals surface area contributed by atoms with Crippen molar-refractivity contribution in [2.24, 2.45) is 0 Å². The number of unbranched alkanes of at least 4 members (excludes halogenated alkanes) is 9. The van der Waals surface area contributed by atoms with Crippen LogP contribution in [0.5, 0.6) is 5.75 Å². The van der Waals surface area contributed by atoms with Crippen molar-refractivity contribution in [3.8, 4) is 5.75 Å². The predicted octanol–water partition coefficient (Wildman–Crippen LogP) is 6.06. The van der Waals surface area contributed by atoms with Gasteiger partial charge in [-0.15, -0.1) is 0 Å². The fraction of sp³-hybridized carbons (Fsp3) is 0.727. The summed E-state index contributed by atoms with van der Waals surface area (Å²) in [5, 5.41) is 0. The predicted molar refractivity (Wildman–Crippen MR) is 106 cm³/mol. The standard InChI is InChI=1S/C22H40NO/c1-4-5-6-7-8-9-10-11-12-16-19-23(2,3)20-21-24-22-17-14-13-15-18-22/h13-15,17-18H,4-12,16,19-21H2,1-3H3/q+1. The van der Waals surface area contributed by atoms with Gasteiger partial charge in [-0.1, -0.05) is 76.5 Å². The number of hydrogen-bond acceptors (Lipinski definition) is 1. The van der Waals surface area contributed by atoms with Gasteiger partial charge >= 0.3 is 0 Å². The van der Waals surface area contributed by atoms with Gasteiger partial charge in [0.15, 0.2) is 0 Å². The molecular weight excluding hydrogens is 294 g/mol. The fourth-order valence-corrected chi connectivity index (χ4v) is 3.07. The van der Waals surface area contributed by atoms with E-state index in [0.29, 0.717) is 0 Å². The molecule has 1 aromatic rings. The molecular formula is C22H40NO+. The number of benzene rings is 1. The highest BCUT2D eigenvalue weighted by molar-refractivity contribution is 5.20. The average molecular weight is 335 g/mol. The first-order chi connectivity index (χ1) is 11.6. The van der Waals surface area contributed by atoms with E-state index in [9.17, 15) is 0 Å². The third-order valence-corrected chi connectivity index (χ3v) is 4.83. The third-order valence-electron chi connectivity index (χ3n) is 4.83. The first kappa shape index (κ1) is 21.0. The van der Waals surface area contributed by atoms with Gasteiger partial charge in [0.1, 0.15) is 18.9 Å². The molecule has 0 radical (unpaired) electrons. The molecule has 0 aliphatic heterocycles. The van der Waals surface area contributed by atoms with Gasteiger partial charge in [0, 0.05) is 0 Å². The number of likely N-dealkylation sites (N-methyl/N-ethyl adjacent to an activating group) is 1. The van der Waals surface area contributed by atoms with Crippen molar-refractivity contribution in [1.82, 2.24) is 0 Å². The highest BCUT2D eigenvalue weighted by atomic mass is 16.5. The minimum atomic E-state index is 0.800. The molecule has 0 fully saturated rings. The Kier molecular flexibility index (Phi) is 11.6. The topological polar surface area (TPSA) is 9.23 Å². The van der Waals surface area contributed by atoms with Crippen LogP contribution in [-0.2, 0) is 0 Å². The molecule has 2 nitrogen and oxygen atoms in total. The smallest absolute Gasteiger partial charge is 0.137 e. The maximum absolute atomic E-state index is 5.83. The van der Waals surface area contributed by atoms with Crippen LogP contribution in [0.25, 0.3) is 0 Å². The summed E-state index contributed by atoms with van der Waals surface area (Å²) in [4.78, 5) is 0. The lowest BCUT2D eigenvalue weighted by atomic mass is 10.1. The van der Waals surface area contributed by atoms with E-state index in [2.05, 4.69) is 21.0 Å². The molecule has 2 heteroatoms. The SMILES string of the molecule is CCCCCCCCCCCC[N+](C)(C)CCOc1ccccc1. The minimum Gasteiger partial charge on any atom is -0.488 e. The Balaban J connectivity index is 1.95.